The minimum Gasteiger partial charge on any atom is -0.348 e. The lowest BCUT2D eigenvalue weighted by atomic mass is 10.2. The van der Waals surface area contributed by atoms with E-state index in [1.54, 1.807) is 23.9 Å². The molecule has 1 aliphatic heterocycles. The van der Waals surface area contributed by atoms with Crippen molar-refractivity contribution < 1.29 is 9.59 Å². The monoisotopic (exact) mass is 256 g/mol. The van der Waals surface area contributed by atoms with Crippen molar-refractivity contribution in [2.45, 2.75) is 13.0 Å². The summed E-state index contributed by atoms with van der Waals surface area (Å²) in [6, 6.07) is -0.257. The van der Waals surface area contributed by atoms with Gasteiger partial charge in [-0.1, -0.05) is 0 Å². The van der Waals surface area contributed by atoms with Crippen molar-refractivity contribution in [2.75, 3.05) is 53.9 Å². The van der Waals surface area contributed by atoms with Crippen molar-refractivity contribution in [1.29, 1.82) is 0 Å². The van der Waals surface area contributed by atoms with E-state index < -0.39 is 0 Å². The number of likely N-dealkylation sites (N-methyl/N-ethyl adjacent to an activating group) is 2. The second-order valence-corrected chi connectivity index (χ2v) is 4.95. The highest BCUT2D eigenvalue weighted by atomic mass is 16.2. The van der Waals surface area contributed by atoms with Crippen LogP contribution in [0.25, 0.3) is 0 Å². The lowest BCUT2D eigenvalue weighted by Crippen LogP contribution is -2.53. The lowest BCUT2D eigenvalue weighted by Gasteiger charge is -2.33. The predicted molar refractivity (Wildman–Crippen MR) is 70.2 cm³/mol. The quantitative estimate of drug-likeness (QED) is 0.688. The normalized spacial score (nSPS) is 17.7. The molecule has 6 nitrogen and oxygen atoms in total. The van der Waals surface area contributed by atoms with Crippen molar-refractivity contribution in [3.05, 3.63) is 0 Å². The highest BCUT2D eigenvalue weighted by molar-refractivity contribution is 5.83. The van der Waals surface area contributed by atoms with Crippen LogP contribution in [-0.2, 0) is 9.59 Å². The Labute approximate surface area is 109 Å². The molecule has 1 rings (SSSR count). The van der Waals surface area contributed by atoms with Crippen LogP contribution in [0.3, 0.4) is 0 Å². The smallest absolute Gasteiger partial charge is 0.239 e. The van der Waals surface area contributed by atoms with E-state index in [1.807, 2.05) is 18.9 Å². The summed E-state index contributed by atoms with van der Waals surface area (Å²) < 4.78 is 0. The second kappa shape index (κ2) is 6.70. The minimum absolute atomic E-state index is 0.0115. The van der Waals surface area contributed by atoms with Crippen LogP contribution in [0.4, 0.5) is 0 Å². The summed E-state index contributed by atoms with van der Waals surface area (Å²) >= 11 is 0. The fourth-order valence-electron chi connectivity index (χ4n) is 1.83. The Morgan fingerprint density at radius 1 is 1.22 bits per heavy atom. The fourth-order valence-corrected chi connectivity index (χ4v) is 1.83. The molecule has 18 heavy (non-hydrogen) atoms. The van der Waals surface area contributed by atoms with Crippen LogP contribution in [0.15, 0.2) is 0 Å². The maximum Gasteiger partial charge on any atom is 0.239 e. The highest BCUT2D eigenvalue weighted by Gasteiger charge is 2.26. The van der Waals surface area contributed by atoms with Crippen molar-refractivity contribution in [3.8, 4) is 0 Å². The predicted octanol–water partition coefficient (Wildman–Crippen LogP) is -1.17. The number of rotatable bonds is 4. The standard InChI is InChI=1S/C12H24N4O2/c1-10(15(4)9-11(17)14(2)3)12(18)16-7-5-13-6-8-16/h10,13H,5-9H2,1-4H3. The first-order valence-corrected chi connectivity index (χ1v) is 6.33. The Kier molecular flexibility index (Phi) is 5.55. The molecule has 1 aliphatic rings. The maximum atomic E-state index is 12.2. The van der Waals surface area contributed by atoms with E-state index >= 15 is 0 Å². The number of hydrogen-bond donors (Lipinski definition) is 1. The molecule has 2 amide bonds. The van der Waals surface area contributed by atoms with Gasteiger partial charge < -0.3 is 15.1 Å². The van der Waals surface area contributed by atoms with Gasteiger partial charge in [-0.2, -0.15) is 0 Å². The Bertz CT molecular complexity index is 300. The van der Waals surface area contributed by atoms with E-state index in [9.17, 15) is 9.59 Å². The van der Waals surface area contributed by atoms with E-state index in [4.69, 9.17) is 0 Å². The molecular weight excluding hydrogens is 232 g/mol. The number of piperazine rings is 1. The first-order valence-electron chi connectivity index (χ1n) is 6.33. The highest BCUT2D eigenvalue weighted by Crippen LogP contribution is 2.03. The van der Waals surface area contributed by atoms with Gasteiger partial charge in [0.05, 0.1) is 12.6 Å². The first kappa shape index (κ1) is 14.9. The van der Waals surface area contributed by atoms with Crippen molar-refractivity contribution >= 4 is 11.8 Å². The molecule has 0 aliphatic carbocycles. The molecule has 0 saturated carbocycles. The molecule has 0 bridgehead atoms. The maximum absolute atomic E-state index is 12.2. The van der Waals surface area contributed by atoms with Crippen LogP contribution in [0, 0.1) is 0 Å². The third-order valence-electron chi connectivity index (χ3n) is 3.33. The van der Waals surface area contributed by atoms with Gasteiger partial charge >= 0.3 is 0 Å². The summed E-state index contributed by atoms with van der Waals surface area (Å²) in [6.07, 6.45) is 0. The van der Waals surface area contributed by atoms with E-state index in [0.717, 1.165) is 26.2 Å². The van der Waals surface area contributed by atoms with Gasteiger partial charge in [-0.25, -0.2) is 0 Å². The van der Waals surface area contributed by atoms with Gasteiger partial charge in [0.25, 0.3) is 0 Å². The summed E-state index contributed by atoms with van der Waals surface area (Å²) in [5.41, 5.74) is 0. The molecule has 6 heteroatoms. The molecule has 104 valence electrons. The summed E-state index contributed by atoms with van der Waals surface area (Å²) in [5, 5.41) is 3.22. The van der Waals surface area contributed by atoms with E-state index in [-0.39, 0.29) is 24.4 Å². The molecule has 1 N–H and O–H groups in total. The van der Waals surface area contributed by atoms with E-state index in [0.29, 0.717) is 0 Å². The topological polar surface area (TPSA) is 55.9 Å². The summed E-state index contributed by atoms with van der Waals surface area (Å²) in [4.78, 5) is 29.0. The van der Waals surface area contributed by atoms with Crippen LogP contribution < -0.4 is 5.32 Å². The van der Waals surface area contributed by atoms with Crippen LogP contribution in [-0.4, -0.2) is 86.4 Å². The van der Waals surface area contributed by atoms with Crippen LogP contribution in [0.1, 0.15) is 6.92 Å². The minimum atomic E-state index is -0.257. The van der Waals surface area contributed by atoms with E-state index in [2.05, 4.69) is 5.32 Å². The molecule has 0 aromatic rings. The lowest BCUT2D eigenvalue weighted by molar-refractivity contribution is -0.138. The molecule has 0 radical (unpaired) electrons. The zero-order valence-electron chi connectivity index (χ0n) is 11.8. The van der Waals surface area contributed by atoms with E-state index in [1.165, 1.54) is 0 Å². The van der Waals surface area contributed by atoms with Gasteiger partial charge in [0.2, 0.25) is 11.8 Å². The van der Waals surface area contributed by atoms with Gasteiger partial charge in [-0.05, 0) is 14.0 Å². The number of hydrogen-bond acceptors (Lipinski definition) is 4. The van der Waals surface area contributed by atoms with Crippen LogP contribution >= 0.6 is 0 Å². The molecule has 0 aromatic heterocycles. The summed E-state index contributed by atoms with van der Waals surface area (Å²) in [7, 11) is 5.25. The molecule has 1 saturated heterocycles. The molecule has 1 heterocycles. The molecule has 1 fully saturated rings. The number of carbonyl (C=O) groups excluding carboxylic acids is 2. The zero-order chi connectivity index (χ0) is 13.7. The zero-order valence-corrected chi connectivity index (χ0v) is 11.8. The molecule has 0 spiro atoms. The van der Waals surface area contributed by atoms with Crippen LogP contribution in [0.2, 0.25) is 0 Å². The van der Waals surface area contributed by atoms with Gasteiger partial charge in [-0.3, -0.25) is 14.5 Å². The average Bonchev–Trinajstić information content (AvgIpc) is 2.37. The van der Waals surface area contributed by atoms with Gasteiger partial charge in [0, 0.05) is 40.3 Å². The summed E-state index contributed by atoms with van der Waals surface area (Å²) in [6.45, 7) is 5.31. The molecule has 0 aromatic carbocycles. The Hall–Kier alpha value is -1.14. The van der Waals surface area contributed by atoms with Crippen molar-refractivity contribution in [3.63, 3.8) is 0 Å². The molecule has 1 unspecified atom stereocenters. The van der Waals surface area contributed by atoms with Gasteiger partial charge in [0.1, 0.15) is 0 Å². The number of amides is 2. The molecular formula is C12H24N4O2. The van der Waals surface area contributed by atoms with Crippen molar-refractivity contribution in [2.24, 2.45) is 0 Å². The Morgan fingerprint density at radius 3 is 2.28 bits per heavy atom. The van der Waals surface area contributed by atoms with Gasteiger partial charge in [-0.15, -0.1) is 0 Å². The third kappa shape index (κ3) is 3.96. The van der Waals surface area contributed by atoms with Crippen molar-refractivity contribution in [1.82, 2.24) is 20.0 Å². The molecule has 1 atom stereocenters. The second-order valence-electron chi connectivity index (χ2n) is 4.95. The first-order chi connectivity index (χ1) is 8.43. The number of nitrogens with one attached hydrogen (secondary N) is 1. The Morgan fingerprint density at radius 2 is 1.78 bits per heavy atom. The number of nitrogens with zero attached hydrogens (tertiary/aromatic N) is 3. The Balaban J connectivity index is 2.48. The SMILES string of the molecule is CC(C(=O)N1CCNCC1)N(C)CC(=O)N(C)C. The fraction of sp³-hybridized carbons (Fsp3) is 0.833. The summed E-state index contributed by atoms with van der Waals surface area (Å²) in [5.74, 6) is 0.114. The average molecular weight is 256 g/mol. The largest absolute Gasteiger partial charge is 0.348 e. The van der Waals surface area contributed by atoms with Gasteiger partial charge in [0.15, 0.2) is 0 Å². The third-order valence-corrected chi connectivity index (χ3v) is 3.33. The van der Waals surface area contributed by atoms with Crippen LogP contribution in [0.5, 0.6) is 0 Å². The number of carbonyl (C=O) groups is 2.